The molecule has 0 amide bonds. The quantitative estimate of drug-likeness (QED) is 0.790. The molecule has 0 aromatic heterocycles. The largest absolute Gasteiger partial charge is 0.390 e. The molecule has 0 aliphatic heterocycles. The molecule has 0 fully saturated rings. The van der Waals surface area contributed by atoms with Crippen molar-refractivity contribution in [3.63, 3.8) is 0 Å². The molecule has 0 bridgehead atoms. The van der Waals surface area contributed by atoms with Crippen LogP contribution in [0.2, 0.25) is 0 Å². The molecule has 0 spiro atoms. The van der Waals surface area contributed by atoms with Gasteiger partial charge in [0.2, 0.25) is 0 Å². The molecule has 1 aromatic carbocycles. The van der Waals surface area contributed by atoms with Crippen LogP contribution < -0.4 is 5.32 Å². The SMILES string of the molecule is CN(CCc1ccccc1)CC(O)CNC(C)(C)C. The molecule has 0 aliphatic carbocycles. The third-order valence-corrected chi connectivity index (χ3v) is 3.02. The summed E-state index contributed by atoms with van der Waals surface area (Å²) in [5.74, 6) is 0. The Bertz CT molecular complexity index is 346. The number of hydrogen-bond donors (Lipinski definition) is 2. The van der Waals surface area contributed by atoms with Crippen LogP contribution in [-0.4, -0.2) is 48.3 Å². The first-order valence-corrected chi connectivity index (χ1v) is 7.02. The Labute approximate surface area is 117 Å². The van der Waals surface area contributed by atoms with E-state index in [4.69, 9.17) is 0 Å². The molecule has 3 heteroatoms. The van der Waals surface area contributed by atoms with E-state index in [9.17, 15) is 5.11 Å². The number of rotatable bonds is 7. The first-order valence-electron chi connectivity index (χ1n) is 7.02. The summed E-state index contributed by atoms with van der Waals surface area (Å²) in [4.78, 5) is 2.18. The standard InChI is InChI=1S/C16H28N2O/c1-16(2,3)17-12-15(19)13-18(4)11-10-14-8-6-5-7-9-14/h5-9,15,17,19H,10-13H2,1-4H3. The van der Waals surface area contributed by atoms with Gasteiger partial charge in [-0.1, -0.05) is 30.3 Å². The predicted molar refractivity (Wildman–Crippen MR) is 81.4 cm³/mol. The summed E-state index contributed by atoms with van der Waals surface area (Å²) < 4.78 is 0. The molecule has 0 aliphatic rings. The van der Waals surface area contributed by atoms with Gasteiger partial charge in [0.05, 0.1) is 6.10 Å². The van der Waals surface area contributed by atoms with Crippen molar-refractivity contribution in [1.82, 2.24) is 10.2 Å². The highest BCUT2D eigenvalue weighted by Crippen LogP contribution is 2.02. The van der Waals surface area contributed by atoms with Gasteiger partial charge in [0.25, 0.3) is 0 Å². The molecule has 1 aromatic rings. The van der Waals surface area contributed by atoms with E-state index >= 15 is 0 Å². The highest BCUT2D eigenvalue weighted by molar-refractivity contribution is 5.14. The van der Waals surface area contributed by atoms with E-state index < -0.39 is 0 Å². The Morgan fingerprint density at radius 1 is 1.21 bits per heavy atom. The number of likely N-dealkylation sites (N-methyl/N-ethyl adjacent to an activating group) is 1. The first-order chi connectivity index (χ1) is 8.87. The van der Waals surface area contributed by atoms with Crippen LogP contribution in [-0.2, 0) is 6.42 Å². The van der Waals surface area contributed by atoms with Crippen LogP contribution in [0.25, 0.3) is 0 Å². The summed E-state index contributed by atoms with van der Waals surface area (Å²) >= 11 is 0. The number of nitrogens with zero attached hydrogens (tertiary/aromatic N) is 1. The van der Waals surface area contributed by atoms with E-state index in [0.29, 0.717) is 13.1 Å². The van der Waals surface area contributed by atoms with Gasteiger partial charge in [0.1, 0.15) is 0 Å². The minimum Gasteiger partial charge on any atom is -0.390 e. The van der Waals surface area contributed by atoms with Crippen LogP contribution in [0.4, 0.5) is 0 Å². The highest BCUT2D eigenvalue weighted by atomic mass is 16.3. The van der Waals surface area contributed by atoms with Gasteiger partial charge in [-0.05, 0) is 39.8 Å². The second-order valence-electron chi connectivity index (χ2n) is 6.28. The van der Waals surface area contributed by atoms with Gasteiger partial charge >= 0.3 is 0 Å². The maximum Gasteiger partial charge on any atom is 0.0791 e. The molecular weight excluding hydrogens is 236 g/mol. The van der Waals surface area contributed by atoms with E-state index in [1.807, 2.05) is 6.07 Å². The van der Waals surface area contributed by atoms with Crippen molar-refractivity contribution in [2.24, 2.45) is 0 Å². The molecular formula is C16H28N2O. The lowest BCUT2D eigenvalue weighted by Crippen LogP contribution is -2.44. The minimum absolute atomic E-state index is 0.0591. The molecule has 2 N–H and O–H groups in total. The van der Waals surface area contributed by atoms with Gasteiger partial charge in [-0.3, -0.25) is 0 Å². The summed E-state index contributed by atoms with van der Waals surface area (Å²) in [6.45, 7) is 8.64. The van der Waals surface area contributed by atoms with Gasteiger partial charge in [-0.15, -0.1) is 0 Å². The van der Waals surface area contributed by atoms with E-state index in [0.717, 1.165) is 13.0 Å². The maximum atomic E-state index is 9.98. The molecule has 108 valence electrons. The van der Waals surface area contributed by atoms with Gasteiger partial charge in [-0.2, -0.15) is 0 Å². The summed E-state index contributed by atoms with van der Waals surface area (Å²) in [5.41, 5.74) is 1.40. The second-order valence-corrected chi connectivity index (χ2v) is 6.28. The number of β-amino-alcohol motifs (C(OH)–C–C–N with tert-alkyl or cyclic N) is 1. The third kappa shape index (κ3) is 7.98. The van der Waals surface area contributed by atoms with Crippen molar-refractivity contribution in [3.05, 3.63) is 35.9 Å². The second kappa shape index (κ2) is 7.63. The van der Waals surface area contributed by atoms with Gasteiger partial charge in [0, 0.05) is 25.2 Å². The zero-order valence-corrected chi connectivity index (χ0v) is 12.7. The van der Waals surface area contributed by atoms with Gasteiger partial charge in [0.15, 0.2) is 0 Å². The van der Waals surface area contributed by atoms with E-state index in [2.05, 4.69) is 62.3 Å². The molecule has 0 radical (unpaired) electrons. The highest BCUT2D eigenvalue weighted by Gasteiger charge is 2.13. The summed E-state index contributed by atoms with van der Waals surface area (Å²) in [7, 11) is 2.06. The van der Waals surface area contributed by atoms with Crippen LogP contribution in [0.1, 0.15) is 26.3 Å². The fourth-order valence-electron chi connectivity index (χ4n) is 1.90. The van der Waals surface area contributed by atoms with Gasteiger partial charge in [-0.25, -0.2) is 0 Å². The Morgan fingerprint density at radius 2 is 1.84 bits per heavy atom. The fourth-order valence-corrected chi connectivity index (χ4v) is 1.90. The van der Waals surface area contributed by atoms with Crippen LogP contribution in [0.15, 0.2) is 30.3 Å². The summed E-state index contributed by atoms with van der Waals surface area (Å²) in [5, 5.41) is 13.3. The van der Waals surface area contributed by atoms with E-state index in [1.54, 1.807) is 0 Å². The molecule has 1 atom stereocenters. The number of nitrogens with one attached hydrogen (secondary N) is 1. The van der Waals surface area contributed by atoms with Crippen LogP contribution in [0.5, 0.6) is 0 Å². The summed E-state index contributed by atoms with van der Waals surface area (Å²) in [6.07, 6.45) is 0.705. The predicted octanol–water partition coefficient (Wildman–Crippen LogP) is 1.91. The Morgan fingerprint density at radius 3 is 2.42 bits per heavy atom. The fraction of sp³-hybridized carbons (Fsp3) is 0.625. The lowest BCUT2D eigenvalue weighted by molar-refractivity contribution is 0.117. The van der Waals surface area contributed by atoms with Crippen LogP contribution in [0, 0.1) is 0 Å². The average Bonchev–Trinajstić information content (AvgIpc) is 2.34. The lowest BCUT2D eigenvalue weighted by Gasteiger charge is -2.25. The Balaban J connectivity index is 2.21. The number of aliphatic hydroxyl groups is 1. The molecule has 0 saturated carbocycles. The molecule has 0 heterocycles. The van der Waals surface area contributed by atoms with Crippen LogP contribution >= 0.6 is 0 Å². The monoisotopic (exact) mass is 264 g/mol. The molecule has 1 rings (SSSR count). The molecule has 0 saturated heterocycles. The van der Waals surface area contributed by atoms with Crippen LogP contribution in [0.3, 0.4) is 0 Å². The maximum absolute atomic E-state index is 9.98. The van der Waals surface area contributed by atoms with Crippen molar-refractivity contribution >= 4 is 0 Å². The van der Waals surface area contributed by atoms with Crippen molar-refractivity contribution in [2.45, 2.75) is 38.8 Å². The normalized spacial score (nSPS) is 13.8. The first kappa shape index (κ1) is 16.2. The molecule has 3 nitrogen and oxygen atoms in total. The van der Waals surface area contributed by atoms with Crippen molar-refractivity contribution < 1.29 is 5.11 Å². The van der Waals surface area contributed by atoms with Gasteiger partial charge < -0.3 is 15.3 Å². The lowest BCUT2D eigenvalue weighted by atomic mass is 10.1. The molecule has 19 heavy (non-hydrogen) atoms. The smallest absolute Gasteiger partial charge is 0.0791 e. The average molecular weight is 264 g/mol. The Hall–Kier alpha value is -0.900. The van der Waals surface area contributed by atoms with Crippen molar-refractivity contribution in [3.8, 4) is 0 Å². The Kier molecular flexibility index (Phi) is 6.49. The summed E-state index contributed by atoms with van der Waals surface area (Å²) in [6, 6.07) is 10.5. The van der Waals surface area contributed by atoms with Crippen molar-refractivity contribution in [2.75, 3.05) is 26.7 Å². The van der Waals surface area contributed by atoms with E-state index in [1.165, 1.54) is 5.56 Å². The van der Waals surface area contributed by atoms with E-state index in [-0.39, 0.29) is 11.6 Å². The third-order valence-electron chi connectivity index (χ3n) is 3.02. The zero-order valence-electron chi connectivity index (χ0n) is 12.7. The molecule has 1 unspecified atom stereocenters. The van der Waals surface area contributed by atoms with Crippen molar-refractivity contribution in [1.29, 1.82) is 0 Å². The minimum atomic E-state index is -0.319. The number of benzene rings is 1. The topological polar surface area (TPSA) is 35.5 Å². The zero-order chi connectivity index (χ0) is 14.3. The number of hydrogen-bond acceptors (Lipinski definition) is 3. The number of aliphatic hydroxyl groups excluding tert-OH is 1.